The molecule has 0 unspecified atom stereocenters. The molecule has 0 saturated heterocycles. The van der Waals surface area contributed by atoms with Gasteiger partial charge in [0.05, 0.1) is 0 Å². The second kappa shape index (κ2) is 3.81. The summed E-state index contributed by atoms with van der Waals surface area (Å²) in [6.45, 7) is 1.78. The standard InChI is InChI=1S/C7H9N3O3/c1-2-10(13)7(12)5-3-4-6(11)9-8-5/h3-4,13H,2H2,1H3,(H,9,11). The highest BCUT2D eigenvalue weighted by molar-refractivity contribution is 5.91. The van der Waals surface area contributed by atoms with Crippen molar-refractivity contribution < 1.29 is 10.0 Å². The van der Waals surface area contributed by atoms with Gasteiger partial charge in [-0.25, -0.2) is 10.2 Å². The topological polar surface area (TPSA) is 86.3 Å². The van der Waals surface area contributed by atoms with Gasteiger partial charge in [-0.15, -0.1) is 0 Å². The quantitative estimate of drug-likeness (QED) is 0.483. The first-order valence-electron chi connectivity index (χ1n) is 3.71. The van der Waals surface area contributed by atoms with Crippen molar-refractivity contribution in [2.45, 2.75) is 6.92 Å². The van der Waals surface area contributed by atoms with E-state index in [0.29, 0.717) is 5.06 Å². The summed E-state index contributed by atoms with van der Waals surface area (Å²) in [5, 5.41) is 15.1. The number of carbonyl (C=O) groups excluding carboxylic acids is 1. The number of nitrogens with one attached hydrogen (secondary N) is 1. The Balaban J connectivity index is 2.90. The maximum Gasteiger partial charge on any atom is 0.297 e. The van der Waals surface area contributed by atoms with Crippen molar-refractivity contribution >= 4 is 5.91 Å². The van der Waals surface area contributed by atoms with Crippen molar-refractivity contribution in [2.24, 2.45) is 0 Å². The van der Waals surface area contributed by atoms with E-state index in [1.807, 2.05) is 0 Å². The summed E-state index contributed by atoms with van der Waals surface area (Å²) in [7, 11) is 0. The van der Waals surface area contributed by atoms with E-state index >= 15 is 0 Å². The van der Waals surface area contributed by atoms with Gasteiger partial charge in [0.1, 0.15) is 0 Å². The normalized spacial score (nSPS) is 9.69. The van der Waals surface area contributed by atoms with Crippen LogP contribution in [0.2, 0.25) is 0 Å². The maximum atomic E-state index is 11.2. The molecule has 0 radical (unpaired) electrons. The molecule has 6 nitrogen and oxygen atoms in total. The molecular formula is C7H9N3O3. The summed E-state index contributed by atoms with van der Waals surface area (Å²) in [4.78, 5) is 21.8. The van der Waals surface area contributed by atoms with Crippen LogP contribution in [0.5, 0.6) is 0 Å². The van der Waals surface area contributed by atoms with Gasteiger partial charge in [-0.3, -0.25) is 14.8 Å². The number of aromatic nitrogens is 2. The third-order valence-corrected chi connectivity index (χ3v) is 1.43. The Bertz CT molecular complexity index is 340. The zero-order chi connectivity index (χ0) is 9.84. The Labute approximate surface area is 73.8 Å². The van der Waals surface area contributed by atoms with Crippen molar-refractivity contribution in [3.05, 3.63) is 28.2 Å². The summed E-state index contributed by atoms with van der Waals surface area (Å²) in [6.07, 6.45) is 0. The molecule has 0 aromatic carbocycles. The molecule has 1 heterocycles. The number of hydrogen-bond acceptors (Lipinski definition) is 4. The Morgan fingerprint density at radius 3 is 2.85 bits per heavy atom. The highest BCUT2D eigenvalue weighted by Gasteiger charge is 2.12. The number of H-pyrrole nitrogens is 1. The van der Waals surface area contributed by atoms with Crippen LogP contribution in [0.1, 0.15) is 17.4 Å². The first kappa shape index (κ1) is 9.40. The molecule has 0 aliphatic rings. The summed E-state index contributed by atoms with van der Waals surface area (Å²) in [6, 6.07) is 2.42. The average molecular weight is 183 g/mol. The lowest BCUT2D eigenvalue weighted by Crippen LogP contribution is -2.28. The summed E-state index contributed by atoms with van der Waals surface area (Å²) < 4.78 is 0. The first-order chi connectivity index (χ1) is 6.15. The van der Waals surface area contributed by atoms with Crippen LogP contribution < -0.4 is 5.56 Å². The number of rotatable bonds is 2. The molecule has 0 bridgehead atoms. The van der Waals surface area contributed by atoms with Crippen molar-refractivity contribution in [3.8, 4) is 0 Å². The molecule has 70 valence electrons. The van der Waals surface area contributed by atoms with Crippen molar-refractivity contribution in [1.82, 2.24) is 15.3 Å². The van der Waals surface area contributed by atoms with Crippen LogP contribution in [-0.4, -0.2) is 32.9 Å². The number of aromatic amines is 1. The number of hydrogen-bond donors (Lipinski definition) is 2. The zero-order valence-electron chi connectivity index (χ0n) is 7.02. The Hall–Kier alpha value is -1.69. The highest BCUT2D eigenvalue weighted by Crippen LogP contribution is 1.94. The summed E-state index contributed by atoms with van der Waals surface area (Å²) in [5.41, 5.74) is -0.388. The smallest absolute Gasteiger partial charge is 0.286 e. The van der Waals surface area contributed by atoms with Gasteiger partial charge in [-0.05, 0) is 13.0 Å². The number of hydroxylamine groups is 2. The van der Waals surface area contributed by atoms with E-state index in [1.54, 1.807) is 6.92 Å². The minimum Gasteiger partial charge on any atom is -0.286 e. The predicted octanol–water partition coefficient (Wildman–Crippen LogP) is -0.379. The number of nitrogens with zero attached hydrogens (tertiary/aromatic N) is 2. The van der Waals surface area contributed by atoms with Crippen molar-refractivity contribution in [3.63, 3.8) is 0 Å². The van der Waals surface area contributed by atoms with E-state index in [2.05, 4.69) is 10.2 Å². The third kappa shape index (κ3) is 2.12. The molecule has 0 saturated carbocycles. The van der Waals surface area contributed by atoms with Gasteiger partial charge in [-0.1, -0.05) is 0 Å². The van der Waals surface area contributed by atoms with Gasteiger partial charge in [0.25, 0.3) is 11.5 Å². The van der Waals surface area contributed by atoms with Crippen LogP contribution in [0.3, 0.4) is 0 Å². The van der Waals surface area contributed by atoms with Crippen LogP contribution in [0.25, 0.3) is 0 Å². The van der Waals surface area contributed by atoms with Gasteiger partial charge >= 0.3 is 0 Å². The Morgan fingerprint density at radius 1 is 1.69 bits per heavy atom. The van der Waals surface area contributed by atoms with Crippen molar-refractivity contribution in [1.29, 1.82) is 0 Å². The van der Waals surface area contributed by atoms with Gasteiger partial charge in [0.15, 0.2) is 5.69 Å². The molecule has 6 heteroatoms. The molecular weight excluding hydrogens is 174 g/mol. The fraction of sp³-hybridized carbons (Fsp3) is 0.286. The Kier molecular flexibility index (Phi) is 2.76. The molecule has 1 aromatic heterocycles. The van der Waals surface area contributed by atoms with Crippen LogP contribution >= 0.6 is 0 Å². The van der Waals surface area contributed by atoms with Crippen LogP contribution in [0.15, 0.2) is 16.9 Å². The molecule has 0 aliphatic carbocycles. The second-order valence-corrected chi connectivity index (χ2v) is 2.33. The first-order valence-corrected chi connectivity index (χ1v) is 3.71. The van der Waals surface area contributed by atoms with Gasteiger partial charge in [0.2, 0.25) is 0 Å². The number of amides is 1. The van der Waals surface area contributed by atoms with E-state index < -0.39 is 11.5 Å². The van der Waals surface area contributed by atoms with Crippen molar-refractivity contribution in [2.75, 3.05) is 6.54 Å². The van der Waals surface area contributed by atoms with E-state index in [1.165, 1.54) is 12.1 Å². The van der Waals surface area contributed by atoms with E-state index in [9.17, 15) is 9.59 Å². The molecule has 13 heavy (non-hydrogen) atoms. The molecule has 2 N–H and O–H groups in total. The maximum absolute atomic E-state index is 11.2. The molecule has 1 amide bonds. The van der Waals surface area contributed by atoms with Crippen LogP contribution in [0.4, 0.5) is 0 Å². The highest BCUT2D eigenvalue weighted by atomic mass is 16.5. The van der Waals surface area contributed by atoms with Gasteiger partial charge in [-0.2, -0.15) is 5.10 Å². The SMILES string of the molecule is CCN(O)C(=O)c1ccc(=O)[nH]n1. The van der Waals surface area contributed by atoms with Gasteiger partial charge < -0.3 is 0 Å². The average Bonchev–Trinajstić information content (AvgIpc) is 2.17. The lowest BCUT2D eigenvalue weighted by molar-refractivity contribution is -0.0546. The van der Waals surface area contributed by atoms with E-state index in [0.717, 1.165) is 0 Å². The summed E-state index contributed by atoms with van der Waals surface area (Å²) in [5.74, 6) is -0.640. The molecule has 0 aliphatic heterocycles. The minimum absolute atomic E-state index is 0.00366. The molecule has 0 fully saturated rings. The molecule has 0 spiro atoms. The minimum atomic E-state index is -0.640. The fourth-order valence-corrected chi connectivity index (χ4v) is 0.739. The van der Waals surface area contributed by atoms with Crippen LogP contribution in [0, 0.1) is 0 Å². The van der Waals surface area contributed by atoms with E-state index in [4.69, 9.17) is 5.21 Å². The molecule has 0 atom stereocenters. The molecule has 1 aromatic rings. The second-order valence-electron chi connectivity index (χ2n) is 2.33. The summed E-state index contributed by atoms with van der Waals surface area (Å²) >= 11 is 0. The van der Waals surface area contributed by atoms with Crippen LogP contribution in [-0.2, 0) is 0 Å². The lowest BCUT2D eigenvalue weighted by Gasteiger charge is -2.10. The largest absolute Gasteiger partial charge is 0.297 e. The fourth-order valence-electron chi connectivity index (χ4n) is 0.739. The lowest BCUT2D eigenvalue weighted by atomic mass is 10.3. The predicted molar refractivity (Wildman–Crippen MR) is 43.4 cm³/mol. The number of carbonyl (C=O) groups is 1. The Morgan fingerprint density at radius 2 is 2.38 bits per heavy atom. The monoisotopic (exact) mass is 183 g/mol. The zero-order valence-corrected chi connectivity index (χ0v) is 7.02. The van der Waals surface area contributed by atoms with E-state index in [-0.39, 0.29) is 12.2 Å². The van der Waals surface area contributed by atoms with Gasteiger partial charge in [0, 0.05) is 12.6 Å². The molecule has 1 rings (SSSR count). The third-order valence-electron chi connectivity index (χ3n) is 1.43.